The topological polar surface area (TPSA) is 118 Å². The van der Waals surface area contributed by atoms with Crippen molar-refractivity contribution in [2.75, 3.05) is 30.0 Å². The Morgan fingerprint density at radius 3 is 2.40 bits per heavy atom. The van der Waals surface area contributed by atoms with E-state index in [1.165, 1.54) is 0 Å². The quantitative estimate of drug-likeness (QED) is 0.500. The molecule has 2 aromatic rings. The van der Waals surface area contributed by atoms with Crippen LogP contribution in [-0.4, -0.2) is 42.6 Å². The summed E-state index contributed by atoms with van der Waals surface area (Å²) < 4.78 is 5.58. The van der Waals surface area contributed by atoms with Gasteiger partial charge in [0, 0.05) is 71.6 Å². The molecule has 4 N–H and O–H groups in total. The number of primary amides is 1. The molecule has 2 heterocycles. The van der Waals surface area contributed by atoms with Crippen molar-refractivity contribution < 1.29 is 14.3 Å². The number of ether oxygens (including phenoxy) is 1. The number of hydrogen-bond acceptors (Lipinski definition) is 5. The van der Waals surface area contributed by atoms with Gasteiger partial charge < -0.3 is 25.7 Å². The van der Waals surface area contributed by atoms with Crippen LogP contribution >= 0.6 is 0 Å². The second kappa shape index (κ2) is 10.9. The zero-order valence-corrected chi connectivity index (χ0v) is 21.3. The summed E-state index contributed by atoms with van der Waals surface area (Å²) >= 11 is 0. The van der Waals surface area contributed by atoms with Gasteiger partial charge in [0.05, 0.1) is 0 Å². The highest BCUT2D eigenvalue weighted by Crippen LogP contribution is 2.38. The van der Waals surface area contributed by atoms with Gasteiger partial charge in [-0.15, -0.1) is 0 Å². The lowest BCUT2D eigenvalue weighted by molar-refractivity contribution is -0.112. The van der Waals surface area contributed by atoms with Gasteiger partial charge in [-0.2, -0.15) is 0 Å². The number of nitrogens with zero attached hydrogens (tertiary/aromatic N) is 1. The van der Waals surface area contributed by atoms with Crippen LogP contribution in [-0.2, 0) is 16.0 Å². The van der Waals surface area contributed by atoms with Crippen molar-refractivity contribution in [2.24, 2.45) is 5.73 Å². The summed E-state index contributed by atoms with van der Waals surface area (Å²) in [5, 5.41) is 2.92. The molecule has 1 aromatic heterocycles. The highest BCUT2D eigenvalue weighted by Gasteiger charge is 2.29. The van der Waals surface area contributed by atoms with Crippen molar-refractivity contribution in [3.63, 3.8) is 0 Å². The first-order valence-electron chi connectivity index (χ1n) is 12.0. The number of nitrogens with one attached hydrogen (secondary N) is 2. The molecule has 8 nitrogen and oxygen atoms in total. The van der Waals surface area contributed by atoms with Gasteiger partial charge >= 0.3 is 0 Å². The van der Waals surface area contributed by atoms with Crippen molar-refractivity contribution in [1.82, 2.24) is 4.98 Å². The molecule has 2 amide bonds. The first-order valence-corrected chi connectivity index (χ1v) is 12.0. The smallest absolute Gasteiger partial charge is 0.251 e. The number of aromatic nitrogens is 1. The van der Waals surface area contributed by atoms with Gasteiger partial charge in [0.1, 0.15) is 0 Å². The monoisotopic (exact) mass is 480 g/mol. The van der Waals surface area contributed by atoms with Gasteiger partial charge in [-0.25, -0.2) is 0 Å². The maximum absolute atomic E-state index is 13.0. The largest absolute Gasteiger partial charge is 0.381 e. The molecule has 8 heteroatoms. The van der Waals surface area contributed by atoms with Crippen LogP contribution in [0.1, 0.15) is 65.0 Å². The molecule has 0 saturated carbocycles. The number of amides is 2. The number of anilines is 2. The van der Waals surface area contributed by atoms with Crippen LogP contribution in [0.3, 0.4) is 0 Å². The van der Waals surface area contributed by atoms with Gasteiger partial charge in [-0.1, -0.05) is 6.58 Å². The number of nitrogens with two attached hydrogens (primary N) is 1. The van der Waals surface area contributed by atoms with Crippen LogP contribution in [0, 0.1) is 20.8 Å². The summed E-state index contributed by atoms with van der Waals surface area (Å²) in [5.41, 5.74) is 11.3. The second-order valence-electron chi connectivity index (χ2n) is 9.27. The van der Waals surface area contributed by atoms with Crippen molar-refractivity contribution in [3.05, 3.63) is 68.1 Å². The fraction of sp³-hybridized carbons (Fsp3) is 0.444. The average Bonchev–Trinajstić information content (AvgIpc) is 2.79. The lowest BCUT2D eigenvalue weighted by Gasteiger charge is -2.38. The third-order valence-electron chi connectivity index (χ3n) is 6.67. The van der Waals surface area contributed by atoms with E-state index >= 15 is 0 Å². The lowest BCUT2D eigenvalue weighted by atomic mass is 9.91. The normalized spacial score (nSPS) is 14.0. The number of aryl methyl sites for hydroxylation is 2. The van der Waals surface area contributed by atoms with Crippen LogP contribution in [0.25, 0.3) is 0 Å². The third kappa shape index (κ3) is 5.65. The highest BCUT2D eigenvalue weighted by atomic mass is 16.5. The molecule has 1 saturated heterocycles. The van der Waals surface area contributed by atoms with Gasteiger partial charge in [-0.05, 0) is 70.7 Å². The predicted molar refractivity (Wildman–Crippen MR) is 139 cm³/mol. The van der Waals surface area contributed by atoms with E-state index in [9.17, 15) is 14.4 Å². The lowest BCUT2D eigenvalue weighted by Crippen LogP contribution is -2.41. The average molecular weight is 481 g/mol. The van der Waals surface area contributed by atoms with E-state index in [-0.39, 0.29) is 23.9 Å². The fourth-order valence-electron chi connectivity index (χ4n) is 4.86. The van der Waals surface area contributed by atoms with E-state index in [0.29, 0.717) is 42.1 Å². The molecule has 0 spiro atoms. The Balaban J connectivity index is 2.32. The Labute approximate surface area is 206 Å². The summed E-state index contributed by atoms with van der Waals surface area (Å²) in [6.45, 7) is 15.0. The molecule has 0 atom stereocenters. The van der Waals surface area contributed by atoms with Gasteiger partial charge in [0.25, 0.3) is 11.5 Å². The van der Waals surface area contributed by atoms with E-state index in [2.05, 4.69) is 28.7 Å². The molecular formula is C27H36N4O4. The van der Waals surface area contributed by atoms with Gasteiger partial charge in [0.15, 0.2) is 0 Å². The Morgan fingerprint density at radius 1 is 1.20 bits per heavy atom. The molecule has 0 radical (unpaired) electrons. The summed E-state index contributed by atoms with van der Waals surface area (Å²) in [7, 11) is 0. The van der Waals surface area contributed by atoms with Crippen LogP contribution < -0.4 is 21.5 Å². The standard InChI is InChI=1S/C27H36N4O4/c1-7-31(19-8-10-35-11-9-19)24-18(6)21(25(28)32)14-23(30-26(33)15(2)3)22(24)13-20-16(4)12-17(5)29-27(20)34/h12,14,19H,2,7-11,13H2,1,3-6H3,(H2,28,32)(H,29,34)(H,30,33). The van der Waals surface area contributed by atoms with Gasteiger partial charge in [0.2, 0.25) is 5.91 Å². The SMILES string of the molecule is C=C(C)C(=O)Nc1cc(C(N)=O)c(C)c(N(CC)C2CCOCC2)c1Cc1c(C)cc(C)[nH]c1=O. The molecule has 1 aromatic carbocycles. The van der Waals surface area contributed by atoms with E-state index < -0.39 is 5.91 Å². The minimum Gasteiger partial charge on any atom is -0.381 e. The summed E-state index contributed by atoms with van der Waals surface area (Å²) in [6.07, 6.45) is 1.96. The molecule has 0 bridgehead atoms. The zero-order valence-electron chi connectivity index (χ0n) is 21.3. The number of H-pyrrole nitrogens is 1. The molecule has 0 unspecified atom stereocenters. The van der Waals surface area contributed by atoms with Crippen LogP contribution in [0.15, 0.2) is 29.1 Å². The Kier molecular flexibility index (Phi) is 8.17. The van der Waals surface area contributed by atoms with E-state index in [1.54, 1.807) is 13.0 Å². The Bertz CT molecular complexity index is 1210. The van der Waals surface area contributed by atoms with E-state index in [1.807, 2.05) is 26.8 Å². The molecule has 1 aliphatic rings. The Morgan fingerprint density at radius 2 is 1.86 bits per heavy atom. The minimum atomic E-state index is -0.575. The maximum Gasteiger partial charge on any atom is 0.251 e. The number of hydrogen-bond donors (Lipinski definition) is 3. The van der Waals surface area contributed by atoms with Crippen LogP contribution in [0.2, 0.25) is 0 Å². The number of pyridine rings is 1. The summed E-state index contributed by atoms with van der Waals surface area (Å²) in [4.78, 5) is 43.2. The number of benzene rings is 1. The summed E-state index contributed by atoms with van der Waals surface area (Å²) in [6, 6.07) is 3.74. The van der Waals surface area contributed by atoms with Crippen molar-refractivity contribution >= 4 is 23.2 Å². The molecule has 35 heavy (non-hydrogen) atoms. The molecule has 188 valence electrons. The predicted octanol–water partition coefficient (Wildman–Crippen LogP) is 3.51. The van der Waals surface area contributed by atoms with Crippen molar-refractivity contribution in [3.8, 4) is 0 Å². The molecule has 1 fully saturated rings. The maximum atomic E-state index is 13.0. The number of rotatable bonds is 8. The third-order valence-corrected chi connectivity index (χ3v) is 6.67. The first-order chi connectivity index (χ1) is 16.5. The Hall–Kier alpha value is -3.39. The molecular weight excluding hydrogens is 444 g/mol. The number of aromatic amines is 1. The number of carbonyl (C=O) groups excluding carboxylic acids is 2. The zero-order chi connectivity index (χ0) is 25.9. The van der Waals surface area contributed by atoms with Crippen LogP contribution in [0.4, 0.5) is 11.4 Å². The molecule has 0 aliphatic carbocycles. The highest BCUT2D eigenvalue weighted by molar-refractivity contribution is 6.06. The van der Waals surface area contributed by atoms with Crippen LogP contribution in [0.5, 0.6) is 0 Å². The van der Waals surface area contributed by atoms with Crippen molar-refractivity contribution in [1.29, 1.82) is 0 Å². The molecule has 3 rings (SSSR count). The first kappa shape index (κ1) is 26.2. The molecule has 1 aliphatic heterocycles. The van der Waals surface area contributed by atoms with Gasteiger partial charge in [-0.3, -0.25) is 14.4 Å². The van der Waals surface area contributed by atoms with E-state index in [4.69, 9.17) is 10.5 Å². The van der Waals surface area contributed by atoms with Crippen molar-refractivity contribution in [2.45, 2.75) is 59.9 Å². The van der Waals surface area contributed by atoms with E-state index in [0.717, 1.165) is 40.9 Å². The fourth-order valence-corrected chi connectivity index (χ4v) is 4.86. The number of carbonyl (C=O) groups is 2. The summed E-state index contributed by atoms with van der Waals surface area (Å²) in [5.74, 6) is -0.936. The second-order valence-corrected chi connectivity index (χ2v) is 9.27. The minimum absolute atomic E-state index is 0.170.